The fraction of sp³-hybridized carbons (Fsp3) is 0.440. The summed E-state index contributed by atoms with van der Waals surface area (Å²) in [7, 11) is 0. The highest BCUT2D eigenvalue weighted by molar-refractivity contribution is 5.86. The second kappa shape index (κ2) is 8.57. The number of hydrogen-bond donors (Lipinski definition) is 2. The van der Waals surface area contributed by atoms with Crippen LogP contribution in [0.25, 0.3) is 0 Å². The summed E-state index contributed by atoms with van der Waals surface area (Å²) in [5.74, 6) is -0.315. The molecule has 2 aromatic rings. The molecule has 3 atom stereocenters. The molecule has 4 rings (SSSR count). The van der Waals surface area contributed by atoms with Crippen LogP contribution < -0.4 is 0 Å². The molecule has 2 fully saturated rings. The maximum Gasteiger partial charge on any atom is 0.416 e. The van der Waals surface area contributed by atoms with E-state index in [1.165, 1.54) is 26.3 Å². The summed E-state index contributed by atoms with van der Waals surface area (Å²) < 4.78 is 79.2. The van der Waals surface area contributed by atoms with Gasteiger partial charge < -0.3 is 10.2 Å². The van der Waals surface area contributed by atoms with Crippen LogP contribution in [0, 0.1) is 19.8 Å². The Morgan fingerprint density at radius 1 is 0.857 bits per heavy atom. The lowest BCUT2D eigenvalue weighted by atomic mass is 9.89. The summed E-state index contributed by atoms with van der Waals surface area (Å²) in [4.78, 5) is 9.07. The quantitative estimate of drug-likeness (QED) is 0.369. The number of halogens is 6. The summed E-state index contributed by atoms with van der Waals surface area (Å²) in [6.45, 7) is 2.74. The molecular formula is C25H24F6N2O2. The van der Waals surface area contributed by atoms with Crippen LogP contribution in [0.5, 0.6) is 11.5 Å². The molecule has 0 spiro atoms. The molecule has 0 radical (unpaired) electrons. The van der Waals surface area contributed by atoms with Gasteiger partial charge in [-0.15, -0.1) is 0 Å². The van der Waals surface area contributed by atoms with Gasteiger partial charge in [0.1, 0.15) is 11.5 Å². The highest BCUT2D eigenvalue weighted by atomic mass is 19.4. The van der Waals surface area contributed by atoms with E-state index < -0.39 is 35.1 Å². The van der Waals surface area contributed by atoms with Crippen LogP contribution in [-0.2, 0) is 12.4 Å². The van der Waals surface area contributed by atoms with Crippen LogP contribution in [0.3, 0.4) is 0 Å². The number of aryl methyl sites for hydroxylation is 2. The van der Waals surface area contributed by atoms with Gasteiger partial charge in [0.15, 0.2) is 0 Å². The summed E-state index contributed by atoms with van der Waals surface area (Å²) in [6, 6.07) is 2.98. The zero-order valence-corrected chi connectivity index (χ0v) is 19.0. The van der Waals surface area contributed by atoms with Crippen molar-refractivity contribution < 1.29 is 36.6 Å². The van der Waals surface area contributed by atoms with E-state index >= 15 is 0 Å². The normalized spacial score (nSPS) is 24.8. The van der Waals surface area contributed by atoms with Crippen LogP contribution in [-0.4, -0.2) is 34.2 Å². The van der Waals surface area contributed by atoms with Gasteiger partial charge >= 0.3 is 12.4 Å². The van der Waals surface area contributed by atoms with Crippen molar-refractivity contribution in [1.29, 1.82) is 0 Å². The van der Waals surface area contributed by atoms with Crippen molar-refractivity contribution in [2.24, 2.45) is 15.9 Å². The maximum absolute atomic E-state index is 13.2. The van der Waals surface area contributed by atoms with Crippen LogP contribution in [0.1, 0.15) is 59.1 Å². The molecule has 188 valence electrons. The number of nitrogens with zero attached hydrogens (tertiary/aromatic N) is 2. The molecule has 2 aromatic carbocycles. The van der Waals surface area contributed by atoms with Gasteiger partial charge in [-0.1, -0.05) is 0 Å². The molecule has 4 nitrogen and oxygen atoms in total. The minimum absolute atomic E-state index is 0.0593. The molecule has 2 aliphatic carbocycles. The Morgan fingerprint density at radius 2 is 1.37 bits per heavy atom. The lowest BCUT2D eigenvalue weighted by Gasteiger charge is -2.28. The summed E-state index contributed by atoms with van der Waals surface area (Å²) in [5, 5.41) is 20.5. The third kappa shape index (κ3) is 4.88. The summed E-state index contributed by atoms with van der Waals surface area (Å²) in [6.07, 6.45) is -3.98. The largest absolute Gasteiger partial charge is 0.507 e. The van der Waals surface area contributed by atoms with Gasteiger partial charge in [-0.2, -0.15) is 26.3 Å². The molecule has 0 aromatic heterocycles. The van der Waals surface area contributed by atoms with Crippen molar-refractivity contribution in [3.8, 4) is 11.5 Å². The zero-order valence-electron chi connectivity index (χ0n) is 19.0. The van der Waals surface area contributed by atoms with Crippen LogP contribution in [0.15, 0.2) is 34.3 Å². The Balaban J connectivity index is 1.66. The second-order valence-corrected chi connectivity index (χ2v) is 9.46. The highest BCUT2D eigenvalue weighted by Gasteiger charge is 2.52. The minimum Gasteiger partial charge on any atom is -0.507 e. The van der Waals surface area contributed by atoms with Gasteiger partial charge in [-0.3, -0.25) is 9.98 Å². The standard InChI is InChI=1S/C25H24F6N2O2/c1-13-5-18(24(26,27)28)8-16(21(13)34)11-32-20-7-15-3-4-23(20,10-15)33-12-17-9-19(25(29,30)31)6-14(2)22(17)35/h5-6,8-9,11-12,15,20,34-35H,3-4,7,10H2,1-2H3. The molecule has 2 aliphatic rings. The Kier molecular flexibility index (Phi) is 6.13. The average Bonchev–Trinajstić information content (AvgIpc) is 3.32. The monoisotopic (exact) mass is 498 g/mol. The number of alkyl halides is 6. The number of benzene rings is 2. The molecule has 35 heavy (non-hydrogen) atoms. The topological polar surface area (TPSA) is 65.2 Å². The first-order valence-electron chi connectivity index (χ1n) is 11.1. The van der Waals surface area contributed by atoms with E-state index in [9.17, 15) is 36.6 Å². The Morgan fingerprint density at radius 3 is 1.86 bits per heavy atom. The molecular weight excluding hydrogens is 474 g/mol. The van der Waals surface area contributed by atoms with E-state index in [2.05, 4.69) is 9.98 Å². The third-order valence-corrected chi connectivity index (χ3v) is 6.97. The second-order valence-electron chi connectivity index (χ2n) is 9.46. The lowest BCUT2D eigenvalue weighted by molar-refractivity contribution is -0.138. The molecule has 0 amide bonds. The average molecular weight is 498 g/mol. The lowest BCUT2D eigenvalue weighted by Crippen LogP contribution is -2.34. The maximum atomic E-state index is 13.2. The fourth-order valence-corrected chi connectivity index (χ4v) is 5.11. The van der Waals surface area contributed by atoms with E-state index in [0.29, 0.717) is 19.3 Å². The van der Waals surface area contributed by atoms with E-state index in [0.717, 1.165) is 30.7 Å². The van der Waals surface area contributed by atoms with Crippen molar-refractivity contribution in [1.82, 2.24) is 0 Å². The number of rotatable bonds is 4. The predicted octanol–water partition coefficient (Wildman–Crippen LogP) is 6.60. The molecule has 0 aliphatic heterocycles. The van der Waals surface area contributed by atoms with Gasteiger partial charge in [-0.25, -0.2) is 0 Å². The summed E-state index contributed by atoms with van der Waals surface area (Å²) >= 11 is 0. The first-order valence-corrected chi connectivity index (χ1v) is 11.1. The SMILES string of the molecule is Cc1cc(C(F)(F)F)cc(C=NC2CC3CCC2(N=Cc2cc(C(F)(F)F)cc(C)c2O)C3)c1O. The van der Waals surface area contributed by atoms with Gasteiger partial charge in [0.2, 0.25) is 0 Å². The predicted molar refractivity (Wildman–Crippen MR) is 119 cm³/mol. The van der Waals surface area contributed by atoms with Crippen molar-refractivity contribution in [2.75, 3.05) is 0 Å². The van der Waals surface area contributed by atoms with Crippen LogP contribution in [0.4, 0.5) is 26.3 Å². The van der Waals surface area contributed by atoms with Crippen molar-refractivity contribution in [2.45, 2.75) is 63.5 Å². The minimum atomic E-state index is -4.58. The Hall–Kier alpha value is -3.04. The van der Waals surface area contributed by atoms with E-state index in [1.54, 1.807) is 0 Å². The molecule has 2 saturated carbocycles. The van der Waals surface area contributed by atoms with Crippen molar-refractivity contribution >= 4 is 12.4 Å². The first-order chi connectivity index (χ1) is 16.2. The number of hydrogen-bond acceptors (Lipinski definition) is 4. The number of aliphatic imine (C=N–C) groups is 2. The molecule has 10 heteroatoms. The smallest absolute Gasteiger partial charge is 0.416 e. The first kappa shape index (κ1) is 25.1. The number of aromatic hydroxyl groups is 2. The van der Waals surface area contributed by atoms with E-state index in [-0.39, 0.29) is 39.7 Å². The third-order valence-electron chi connectivity index (χ3n) is 6.97. The van der Waals surface area contributed by atoms with Crippen LogP contribution >= 0.6 is 0 Å². The van der Waals surface area contributed by atoms with Crippen molar-refractivity contribution in [3.63, 3.8) is 0 Å². The van der Waals surface area contributed by atoms with Gasteiger partial charge in [0.25, 0.3) is 0 Å². The summed E-state index contributed by atoms with van der Waals surface area (Å²) in [5.41, 5.74) is -2.52. The molecule has 3 unspecified atom stereocenters. The number of phenols is 2. The van der Waals surface area contributed by atoms with E-state index in [4.69, 9.17) is 0 Å². The number of phenolic OH excluding ortho intramolecular Hbond substituents is 2. The fourth-order valence-electron chi connectivity index (χ4n) is 5.11. The zero-order chi connectivity index (χ0) is 25.8. The molecule has 0 heterocycles. The molecule has 2 bridgehead atoms. The molecule has 2 N–H and O–H groups in total. The number of fused-ring (bicyclic) bond motifs is 2. The van der Waals surface area contributed by atoms with E-state index in [1.807, 2.05) is 0 Å². The van der Waals surface area contributed by atoms with Crippen LogP contribution in [0.2, 0.25) is 0 Å². The van der Waals surface area contributed by atoms with Gasteiger partial charge in [-0.05, 0) is 80.8 Å². The van der Waals surface area contributed by atoms with Gasteiger partial charge in [0.05, 0.1) is 22.7 Å². The van der Waals surface area contributed by atoms with Gasteiger partial charge in [0, 0.05) is 23.6 Å². The Bertz CT molecular complexity index is 1200. The molecule has 0 saturated heterocycles. The van der Waals surface area contributed by atoms with Crippen molar-refractivity contribution in [3.05, 3.63) is 57.6 Å². The Labute approximate surface area is 198 Å². The highest BCUT2D eigenvalue weighted by Crippen LogP contribution is 2.52.